The summed E-state index contributed by atoms with van der Waals surface area (Å²) in [5, 5.41) is 8.90. The van der Waals surface area contributed by atoms with Crippen LogP contribution in [0.5, 0.6) is 0 Å². The number of carbonyl (C=O) groups is 1. The van der Waals surface area contributed by atoms with E-state index < -0.39 is 28.3 Å². The molecule has 0 bridgehead atoms. The molecule has 0 radical (unpaired) electrons. The van der Waals surface area contributed by atoms with Gasteiger partial charge in [0.25, 0.3) is 0 Å². The fourth-order valence-corrected chi connectivity index (χ4v) is 2.73. The molecular weight excluding hydrogens is 307 g/mol. The standard InChI is InChI=1S/C12H6F3N3O2S/c13-12(14,15)8-9(17-21-10(8)11(19)20)6-5-16-7-3-1-2-4-18(6)7/h1-5H,(H,19,20). The Bertz CT molecular complexity index is 838. The second-order valence-electron chi connectivity index (χ2n) is 4.11. The zero-order valence-electron chi connectivity index (χ0n) is 10.1. The van der Waals surface area contributed by atoms with Crippen molar-refractivity contribution in [1.29, 1.82) is 0 Å². The second-order valence-corrected chi connectivity index (χ2v) is 4.88. The predicted molar refractivity (Wildman–Crippen MR) is 68.3 cm³/mol. The Morgan fingerprint density at radius 3 is 2.76 bits per heavy atom. The molecule has 0 aromatic carbocycles. The summed E-state index contributed by atoms with van der Waals surface area (Å²) in [7, 11) is 0. The van der Waals surface area contributed by atoms with E-state index in [1.54, 1.807) is 18.2 Å². The summed E-state index contributed by atoms with van der Waals surface area (Å²) >= 11 is 0.307. The van der Waals surface area contributed by atoms with E-state index in [1.165, 1.54) is 16.8 Å². The number of halogens is 3. The van der Waals surface area contributed by atoms with Gasteiger partial charge in [-0.2, -0.15) is 17.5 Å². The Morgan fingerprint density at radius 1 is 1.33 bits per heavy atom. The van der Waals surface area contributed by atoms with Crippen LogP contribution in [0.15, 0.2) is 30.6 Å². The molecule has 3 rings (SSSR count). The normalized spacial score (nSPS) is 12.0. The molecule has 0 atom stereocenters. The van der Waals surface area contributed by atoms with Gasteiger partial charge in [0.15, 0.2) is 0 Å². The molecule has 3 heterocycles. The van der Waals surface area contributed by atoms with Gasteiger partial charge < -0.3 is 5.11 Å². The van der Waals surface area contributed by atoms with Crippen LogP contribution >= 0.6 is 11.5 Å². The quantitative estimate of drug-likeness (QED) is 0.789. The van der Waals surface area contributed by atoms with E-state index in [9.17, 15) is 18.0 Å². The number of fused-ring (bicyclic) bond motifs is 1. The molecule has 0 saturated heterocycles. The first-order chi connectivity index (χ1) is 9.89. The molecule has 0 saturated carbocycles. The van der Waals surface area contributed by atoms with Crippen LogP contribution in [0.4, 0.5) is 13.2 Å². The first kappa shape index (κ1) is 13.6. The number of carboxylic acid groups (broad SMARTS) is 1. The summed E-state index contributed by atoms with van der Waals surface area (Å²) < 4.78 is 44.6. The summed E-state index contributed by atoms with van der Waals surface area (Å²) in [5.74, 6) is -1.65. The molecular formula is C12H6F3N3O2S. The van der Waals surface area contributed by atoms with Gasteiger partial charge in [0.05, 0.1) is 11.9 Å². The number of alkyl halides is 3. The summed E-state index contributed by atoms with van der Waals surface area (Å²) in [4.78, 5) is 14.1. The maximum Gasteiger partial charge on any atom is 0.420 e. The van der Waals surface area contributed by atoms with Crippen molar-refractivity contribution < 1.29 is 23.1 Å². The van der Waals surface area contributed by atoms with E-state index >= 15 is 0 Å². The highest BCUT2D eigenvalue weighted by molar-refractivity contribution is 7.08. The lowest BCUT2D eigenvalue weighted by Gasteiger charge is -2.08. The maximum absolute atomic E-state index is 13.2. The monoisotopic (exact) mass is 313 g/mol. The third-order valence-electron chi connectivity index (χ3n) is 2.83. The third kappa shape index (κ3) is 2.15. The summed E-state index contributed by atoms with van der Waals surface area (Å²) in [5.41, 5.74) is -1.12. The smallest absolute Gasteiger partial charge is 0.420 e. The first-order valence-electron chi connectivity index (χ1n) is 5.62. The third-order valence-corrected chi connectivity index (χ3v) is 3.66. The van der Waals surface area contributed by atoms with E-state index in [-0.39, 0.29) is 5.69 Å². The number of aromatic nitrogens is 3. The molecule has 3 aromatic heterocycles. The summed E-state index contributed by atoms with van der Waals surface area (Å²) in [6.07, 6.45) is -2.03. The molecule has 0 fully saturated rings. The van der Waals surface area contributed by atoms with Gasteiger partial charge in [-0.25, -0.2) is 9.78 Å². The predicted octanol–water partition coefficient (Wildman–Crippen LogP) is 3.17. The summed E-state index contributed by atoms with van der Waals surface area (Å²) in [6, 6.07) is 4.96. The average molecular weight is 313 g/mol. The van der Waals surface area contributed by atoms with E-state index in [4.69, 9.17) is 5.11 Å². The zero-order chi connectivity index (χ0) is 15.2. The van der Waals surface area contributed by atoms with Gasteiger partial charge in [-0.15, -0.1) is 0 Å². The van der Waals surface area contributed by atoms with Gasteiger partial charge in [0.1, 0.15) is 21.8 Å². The minimum Gasteiger partial charge on any atom is -0.477 e. The van der Waals surface area contributed by atoms with Crippen molar-refractivity contribution in [2.45, 2.75) is 6.18 Å². The van der Waals surface area contributed by atoms with Gasteiger partial charge in [-0.05, 0) is 23.7 Å². The fourth-order valence-electron chi connectivity index (χ4n) is 1.98. The lowest BCUT2D eigenvalue weighted by Crippen LogP contribution is -2.11. The molecule has 9 heteroatoms. The maximum atomic E-state index is 13.2. The highest BCUT2D eigenvalue weighted by Gasteiger charge is 2.41. The largest absolute Gasteiger partial charge is 0.477 e. The SMILES string of the molecule is O=C(O)c1snc(-c2cnc3ccccn23)c1C(F)(F)F. The van der Waals surface area contributed by atoms with Crippen molar-refractivity contribution in [3.05, 3.63) is 41.0 Å². The number of rotatable bonds is 2. The lowest BCUT2D eigenvalue weighted by atomic mass is 10.1. The van der Waals surface area contributed by atoms with Crippen molar-refractivity contribution in [2.75, 3.05) is 0 Å². The van der Waals surface area contributed by atoms with Gasteiger partial charge in [0, 0.05) is 6.20 Å². The Hall–Kier alpha value is -2.42. The number of pyridine rings is 1. The number of imidazole rings is 1. The van der Waals surface area contributed by atoms with Crippen LogP contribution in [-0.2, 0) is 6.18 Å². The van der Waals surface area contributed by atoms with Gasteiger partial charge in [-0.1, -0.05) is 6.07 Å². The lowest BCUT2D eigenvalue weighted by molar-refractivity contribution is -0.137. The molecule has 5 nitrogen and oxygen atoms in total. The summed E-state index contributed by atoms with van der Waals surface area (Å²) in [6.45, 7) is 0. The van der Waals surface area contributed by atoms with Gasteiger partial charge in [-0.3, -0.25) is 4.40 Å². The molecule has 0 aliphatic rings. The van der Waals surface area contributed by atoms with Crippen LogP contribution in [0.3, 0.4) is 0 Å². The van der Waals surface area contributed by atoms with Crippen LogP contribution in [0, 0.1) is 0 Å². The Morgan fingerprint density at radius 2 is 2.10 bits per heavy atom. The van der Waals surface area contributed by atoms with Gasteiger partial charge >= 0.3 is 12.1 Å². The van der Waals surface area contributed by atoms with E-state index in [0.717, 1.165) is 0 Å². The number of hydrogen-bond donors (Lipinski definition) is 1. The van der Waals surface area contributed by atoms with Gasteiger partial charge in [0.2, 0.25) is 0 Å². The molecule has 0 aliphatic carbocycles. The molecule has 21 heavy (non-hydrogen) atoms. The Kier molecular flexibility index (Phi) is 2.94. The first-order valence-corrected chi connectivity index (χ1v) is 6.39. The number of carboxylic acids is 1. The number of hydrogen-bond acceptors (Lipinski definition) is 4. The highest BCUT2D eigenvalue weighted by Crippen LogP contribution is 2.40. The topological polar surface area (TPSA) is 67.5 Å². The van der Waals surface area contributed by atoms with E-state index in [1.807, 2.05) is 0 Å². The van der Waals surface area contributed by atoms with E-state index in [0.29, 0.717) is 17.2 Å². The van der Waals surface area contributed by atoms with Crippen molar-refractivity contribution in [1.82, 2.24) is 13.8 Å². The molecule has 1 N–H and O–H groups in total. The molecule has 108 valence electrons. The van der Waals surface area contributed by atoms with Crippen LogP contribution in [-0.4, -0.2) is 24.8 Å². The van der Waals surface area contributed by atoms with Crippen molar-refractivity contribution >= 4 is 23.1 Å². The zero-order valence-corrected chi connectivity index (χ0v) is 10.9. The van der Waals surface area contributed by atoms with Crippen LogP contribution < -0.4 is 0 Å². The minimum absolute atomic E-state index is 0.0988. The Balaban J connectivity index is 2.31. The molecule has 0 amide bonds. The number of nitrogens with zero attached hydrogens (tertiary/aromatic N) is 3. The van der Waals surface area contributed by atoms with Crippen LogP contribution in [0.25, 0.3) is 17.0 Å². The molecule has 0 unspecified atom stereocenters. The van der Waals surface area contributed by atoms with E-state index in [2.05, 4.69) is 9.36 Å². The molecule has 0 aliphatic heterocycles. The number of aromatic carboxylic acids is 1. The van der Waals surface area contributed by atoms with Crippen molar-refractivity contribution in [3.63, 3.8) is 0 Å². The average Bonchev–Trinajstić information content (AvgIpc) is 3.01. The molecule has 3 aromatic rings. The highest BCUT2D eigenvalue weighted by atomic mass is 32.1. The minimum atomic E-state index is -4.81. The van der Waals surface area contributed by atoms with Crippen LogP contribution in [0.2, 0.25) is 0 Å². The second kappa shape index (κ2) is 4.55. The van der Waals surface area contributed by atoms with Crippen LogP contribution in [0.1, 0.15) is 15.2 Å². The molecule has 0 spiro atoms. The Labute approximate surface area is 119 Å². The fraction of sp³-hybridized carbons (Fsp3) is 0.0833. The van der Waals surface area contributed by atoms with Crippen molar-refractivity contribution in [2.24, 2.45) is 0 Å². The van der Waals surface area contributed by atoms with Crippen molar-refractivity contribution in [3.8, 4) is 11.4 Å².